The lowest BCUT2D eigenvalue weighted by atomic mass is 10.1. The van der Waals surface area contributed by atoms with Crippen molar-refractivity contribution in [3.05, 3.63) is 27.2 Å². The van der Waals surface area contributed by atoms with Gasteiger partial charge in [0.15, 0.2) is 11.6 Å². The van der Waals surface area contributed by atoms with Gasteiger partial charge >= 0.3 is 0 Å². The molecule has 84 valence electrons. The minimum absolute atomic E-state index is 0.341. The molecule has 2 rings (SSSR count). The van der Waals surface area contributed by atoms with Crippen LogP contribution in [0.2, 0.25) is 0 Å². The van der Waals surface area contributed by atoms with E-state index >= 15 is 0 Å². The monoisotopic (exact) mass is 298 g/mol. The molecule has 0 spiro atoms. The minimum atomic E-state index is 0.341. The molecule has 0 atom stereocenters. The highest BCUT2D eigenvalue weighted by atomic mass is 79.9. The van der Waals surface area contributed by atoms with Crippen LogP contribution in [0.1, 0.15) is 25.5 Å². The summed E-state index contributed by atoms with van der Waals surface area (Å²) in [6.07, 6.45) is 3.44. The van der Waals surface area contributed by atoms with Crippen molar-refractivity contribution in [2.45, 2.75) is 19.8 Å². The second-order valence-electron chi connectivity index (χ2n) is 3.71. The molecule has 4 nitrogen and oxygen atoms in total. The van der Waals surface area contributed by atoms with Crippen molar-refractivity contribution in [2.24, 2.45) is 0 Å². The van der Waals surface area contributed by atoms with Crippen molar-refractivity contribution in [3.63, 3.8) is 0 Å². The van der Waals surface area contributed by atoms with Crippen molar-refractivity contribution in [3.8, 4) is 11.6 Å². The van der Waals surface area contributed by atoms with Crippen LogP contribution in [0.15, 0.2) is 16.9 Å². The molecule has 0 aromatic carbocycles. The maximum Gasteiger partial charge on any atom is 0.175 e. The Morgan fingerprint density at radius 3 is 2.69 bits per heavy atom. The Morgan fingerprint density at radius 1 is 1.38 bits per heavy atom. The second kappa shape index (κ2) is 4.47. The van der Waals surface area contributed by atoms with E-state index in [1.54, 1.807) is 12.4 Å². The van der Waals surface area contributed by atoms with Crippen LogP contribution in [0, 0.1) is 4.64 Å². The molecular formula is C10H11BrN4S. The fraction of sp³-hybridized carbons (Fsp3) is 0.300. The van der Waals surface area contributed by atoms with E-state index in [1.165, 1.54) is 0 Å². The highest BCUT2D eigenvalue weighted by Crippen LogP contribution is 2.25. The van der Waals surface area contributed by atoms with Crippen LogP contribution in [0.3, 0.4) is 0 Å². The molecule has 16 heavy (non-hydrogen) atoms. The number of H-pyrrole nitrogens is 2. The quantitative estimate of drug-likeness (QED) is 0.835. The van der Waals surface area contributed by atoms with Crippen LogP contribution in [-0.2, 0) is 0 Å². The van der Waals surface area contributed by atoms with E-state index in [4.69, 9.17) is 12.2 Å². The molecule has 0 aliphatic carbocycles. The lowest BCUT2D eigenvalue weighted by Crippen LogP contribution is -2.01. The van der Waals surface area contributed by atoms with E-state index in [-0.39, 0.29) is 0 Å². The average molecular weight is 299 g/mol. The topological polar surface area (TPSA) is 57.4 Å². The van der Waals surface area contributed by atoms with E-state index in [0.29, 0.717) is 22.2 Å². The lowest BCUT2D eigenvalue weighted by Gasteiger charge is -2.09. The number of hydrogen-bond donors (Lipinski definition) is 2. The predicted molar refractivity (Wildman–Crippen MR) is 68.8 cm³/mol. The molecule has 0 saturated heterocycles. The summed E-state index contributed by atoms with van der Waals surface area (Å²) in [5, 5.41) is 0. The molecule has 0 unspecified atom stereocenters. The molecule has 0 bridgehead atoms. The second-order valence-corrected chi connectivity index (χ2v) is 4.89. The first-order chi connectivity index (χ1) is 7.59. The molecule has 0 aliphatic rings. The Kier molecular flexibility index (Phi) is 3.20. The summed E-state index contributed by atoms with van der Waals surface area (Å²) < 4.78 is 1.40. The molecule has 0 fully saturated rings. The van der Waals surface area contributed by atoms with Gasteiger partial charge in [0.25, 0.3) is 0 Å². The first kappa shape index (κ1) is 11.5. The van der Waals surface area contributed by atoms with Crippen LogP contribution in [-0.4, -0.2) is 19.9 Å². The minimum Gasteiger partial charge on any atom is -0.342 e. The maximum atomic E-state index is 5.20. The number of nitrogens with zero attached hydrogens (tertiary/aromatic N) is 2. The van der Waals surface area contributed by atoms with Gasteiger partial charge in [-0.05, 0) is 21.8 Å². The van der Waals surface area contributed by atoms with E-state index in [2.05, 4.69) is 49.7 Å². The van der Waals surface area contributed by atoms with Crippen LogP contribution < -0.4 is 0 Å². The molecule has 2 heterocycles. The third-order valence-electron chi connectivity index (χ3n) is 2.19. The summed E-state index contributed by atoms with van der Waals surface area (Å²) in [6, 6.07) is 0. The summed E-state index contributed by atoms with van der Waals surface area (Å²) in [6.45, 7) is 4.19. The summed E-state index contributed by atoms with van der Waals surface area (Å²) in [4.78, 5) is 14.7. The largest absolute Gasteiger partial charge is 0.342 e. The fourth-order valence-electron chi connectivity index (χ4n) is 1.38. The van der Waals surface area contributed by atoms with Gasteiger partial charge in [-0.15, -0.1) is 0 Å². The molecule has 2 aromatic heterocycles. The Balaban J connectivity index is 2.62. The van der Waals surface area contributed by atoms with Gasteiger partial charge in [0.05, 0.1) is 4.47 Å². The smallest absolute Gasteiger partial charge is 0.175 e. The van der Waals surface area contributed by atoms with Crippen LogP contribution in [0.5, 0.6) is 0 Å². The molecule has 0 amide bonds. The summed E-state index contributed by atoms with van der Waals surface area (Å²) >= 11 is 8.65. The zero-order valence-electron chi connectivity index (χ0n) is 8.91. The van der Waals surface area contributed by atoms with Crippen molar-refractivity contribution in [1.29, 1.82) is 0 Å². The average Bonchev–Trinajstić information content (AvgIpc) is 2.74. The van der Waals surface area contributed by atoms with Gasteiger partial charge in [0, 0.05) is 18.1 Å². The summed E-state index contributed by atoms with van der Waals surface area (Å²) in [7, 11) is 0. The Hall–Kier alpha value is -1.01. The highest BCUT2D eigenvalue weighted by molar-refractivity contribution is 9.10. The standard InChI is InChI=1S/C10H11BrN4S/c1-5(2)7-6(11)10(16)15-9(14-7)8-12-3-4-13-8/h3-5H,1-2H3,(H,12,13)(H,14,15,16). The van der Waals surface area contributed by atoms with Gasteiger partial charge in [0.1, 0.15) is 4.64 Å². The van der Waals surface area contributed by atoms with Crippen molar-refractivity contribution >= 4 is 28.1 Å². The van der Waals surface area contributed by atoms with Crippen LogP contribution in [0.25, 0.3) is 11.6 Å². The Labute approximate surface area is 107 Å². The van der Waals surface area contributed by atoms with Gasteiger partial charge in [-0.3, -0.25) is 0 Å². The third kappa shape index (κ3) is 2.08. The molecule has 0 saturated carbocycles. The molecule has 0 radical (unpaired) electrons. The van der Waals surface area contributed by atoms with E-state index in [9.17, 15) is 0 Å². The molecule has 2 N–H and O–H groups in total. The van der Waals surface area contributed by atoms with Gasteiger partial charge in [-0.2, -0.15) is 0 Å². The number of nitrogens with one attached hydrogen (secondary N) is 2. The van der Waals surface area contributed by atoms with E-state index in [0.717, 1.165) is 10.2 Å². The van der Waals surface area contributed by atoms with Gasteiger partial charge in [-0.1, -0.05) is 26.1 Å². The zero-order valence-corrected chi connectivity index (χ0v) is 11.3. The maximum absolute atomic E-state index is 5.20. The van der Waals surface area contributed by atoms with Crippen molar-refractivity contribution in [1.82, 2.24) is 19.9 Å². The first-order valence-electron chi connectivity index (χ1n) is 4.89. The summed E-state index contributed by atoms with van der Waals surface area (Å²) in [5.41, 5.74) is 1.03. The van der Waals surface area contributed by atoms with E-state index < -0.39 is 0 Å². The Bertz CT molecular complexity index is 544. The van der Waals surface area contributed by atoms with Gasteiger partial charge < -0.3 is 9.97 Å². The van der Waals surface area contributed by atoms with Crippen LogP contribution in [0.4, 0.5) is 0 Å². The van der Waals surface area contributed by atoms with Gasteiger partial charge in [0.2, 0.25) is 0 Å². The molecule has 0 aliphatic heterocycles. The first-order valence-corrected chi connectivity index (χ1v) is 6.09. The SMILES string of the molecule is CC(C)c1[nH]c(-c2ncc[nH]2)nc(=S)c1Br. The van der Waals surface area contributed by atoms with E-state index in [1.807, 2.05) is 0 Å². The normalized spacial score (nSPS) is 11.0. The number of imidazole rings is 1. The number of aromatic nitrogens is 4. The number of aromatic amines is 2. The number of hydrogen-bond acceptors (Lipinski definition) is 3. The third-order valence-corrected chi connectivity index (χ3v) is 3.55. The highest BCUT2D eigenvalue weighted by Gasteiger charge is 2.11. The number of rotatable bonds is 2. The summed E-state index contributed by atoms with van der Waals surface area (Å²) in [5.74, 6) is 1.70. The fourth-order valence-corrected chi connectivity index (χ4v) is 2.23. The van der Waals surface area contributed by atoms with Gasteiger partial charge in [-0.25, -0.2) is 9.97 Å². The lowest BCUT2D eigenvalue weighted by molar-refractivity contribution is 0.805. The molecule has 6 heteroatoms. The number of halogens is 1. The zero-order chi connectivity index (χ0) is 11.7. The molecule has 2 aromatic rings. The van der Waals surface area contributed by atoms with Crippen molar-refractivity contribution < 1.29 is 0 Å². The van der Waals surface area contributed by atoms with Crippen molar-refractivity contribution in [2.75, 3.05) is 0 Å². The predicted octanol–water partition coefficient (Wildman–Crippen LogP) is 3.42. The Morgan fingerprint density at radius 2 is 2.12 bits per heavy atom. The van der Waals surface area contributed by atoms with Crippen LogP contribution >= 0.6 is 28.1 Å². The molecular weight excluding hydrogens is 288 g/mol.